The number of rotatable bonds is 4. The number of nitrogens with zero attached hydrogens (tertiary/aromatic N) is 1. The molecule has 0 saturated carbocycles. The molecule has 0 atom stereocenters. The third-order valence-electron chi connectivity index (χ3n) is 4.04. The zero-order valence-corrected chi connectivity index (χ0v) is 12.7. The van der Waals surface area contributed by atoms with Gasteiger partial charge in [-0.3, -0.25) is 0 Å². The fraction of sp³-hybridized carbons (Fsp3) is 0.278. The standard InChI is InChI=1S/C18H20N2O2/c1-13-7-9-14(10-8-13)19-17-15(18(21)22)5-4-6-16(17)20-11-2-3-12-20/h4-10,19H,2-3,11-12H2,1H3,(H,21,22). The summed E-state index contributed by atoms with van der Waals surface area (Å²) in [7, 11) is 0. The lowest BCUT2D eigenvalue weighted by atomic mass is 10.1. The van der Waals surface area contributed by atoms with Crippen molar-refractivity contribution in [2.75, 3.05) is 23.3 Å². The van der Waals surface area contributed by atoms with E-state index in [-0.39, 0.29) is 0 Å². The molecule has 1 fully saturated rings. The summed E-state index contributed by atoms with van der Waals surface area (Å²) in [6.45, 7) is 3.99. The Bertz CT molecular complexity index is 674. The summed E-state index contributed by atoms with van der Waals surface area (Å²) in [4.78, 5) is 13.8. The average Bonchev–Trinajstić information content (AvgIpc) is 3.03. The number of anilines is 3. The number of carbonyl (C=O) groups is 1. The Kier molecular flexibility index (Phi) is 4.00. The molecule has 22 heavy (non-hydrogen) atoms. The van der Waals surface area contributed by atoms with Crippen LogP contribution in [0.25, 0.3) is 0 Å². The van der Waals surface area contributed by atoms with Gasteiger partial charge in [-0.05, 0) is 44.0 Å². The number of hydrogen-bond donors (Lipinski definition) is 2. The smallest absolute Gasteiger partial charge is 0.337 e. The summed E-state index contributed by atoms with van der Waals surface area (Å²) >= 11 is 0. The van der Waals surface area contributed by atoms with E-state index in [1.54, 1.807) is 6.07 Å². The Morgan fingerprint density at radius 3 is 2.41 bits per heavy atom. The van der Waals surface area contributed by atoms with E-state index in [1.165, 1.54) is 5.56 Å². The van der Waals surface area contributed by atoms with Crippen molar-refractivity contribution < 1.29 is 9.90 Å². The first-order valence-electron chi connectivity index (χ1n) is 7.60. The maximum atomic E-state index is 11.6. The molecule has 0 bridgehead atoms. The molecule has 0 radical (unpaired) electrons. The quantitative estimate of drug-likeness (QED) is 0.894. The van der Waals surface area contributed by atoms with Gasteiger partial charge in [0.2, 0.25) is 0 Å². The molecular formula is C18H20N2O2. The Morgan fingerprint density at radius 1 is 1.09 bits per heavy atom. The minimum atomic E-state index is -0.907. The number of aromatic carboxylic acids is 1. The van der Waals surface area contributed by atoms with Crippen LogP contribution in [0.5, 0.6) is 0 Å². The van der Waals surface area contributed by atoms with Crippen LogP contribution in [0.15, 0.2) is 42.5 Å². The fourth-order valence-electron chi connectivity index (χ4n) is 2.85. The lowest BCUT2D eigenvalue weighted by Gasteiger charge is -2.23. The van der Waals surface area contributed by atoms with Crippen LogP contribution in [0.1, 0.15) is 28.8 Å². The molecule has 1 heterocycles. The van der Waals surface area contributed by atoms with Crippen molar-refractivity contribution in [3.8, 4) is 0 Å². The van der Waals surface area contributed by atoms with Crippen molar-refractivity contribution in [1.82, 2.24) is 0 Å². The molecule has 2 aromatic carbocycles. The largest absolute Gasteiger partial charge is 0.478 e. The van der Waals surface area contributed by atoms with Crippen LogP contribution >= 0.6 is 0 Å². The molecule has 0 aromatic heterocycles. The predicted octanol–water partition coefficient (Wildman–Crippen LogP) is 4.04. The molecule has 114 valence electrons. The van der Waals surface area contributed by atoms with Gasteiger partial charge in [0, 0.05) is 18.8 Å². The molecule has 3 rings (SSSR count). The van der Waals surface area contributed by atoms with Gasteiger partial charge >= 0.3 is 5.97 Å². The first kappa shape index (κ1) is 14.4. The third kappa shape index (κ3) is 2.91. The molecule has 0 aliphatic carbocycles. The first-order chi connectivity index (χ1) is 10.6. The molecule has 0 amide bonds. The highest BCUT2D eigenvalue weighted by Gasteiger charge is 2.20. The Balaban J connectivity index is 2.02. The highest BCUT2D eigenvalue weighted by Crippen LogP contribution is 2.34. The minimum absolute atomic E-state index is 0.310. The van der Waals surface area contributed by atoms with Gasteiger partial charge in [0.05, 0.1) is 16.9 Å². The van der Waals surface area contributed by atoms with Gasteiger partial charge in [-0.2, -0.15) is 0 Å². The van der Waals surface area contributed by atoms with E-state index in [0.29, 0.717) is 11.3 Å². The average molecular weight is 296 g/mol. The van der Waals surface area contributed by atoms with Crippen LogP contribution in [0.2, 0.25) is 0 Å². The van der Waals surface area contributed by atoms with Gasteiger partial charge in [0.15, 0.2) is 0 Å². The molecule has 2 aromatic rings. The van der Waals surface area contributed by atoms with Gasteiger partial charge < -0.3 is 15.3 Å². The molecule has 0 unspecified atom stereocenters. The van der Waals surface area contributed by atoms with Gasteiger partial charge in [0.25, 0.3) is 0 Å². The van der Waals surface area contributed by atoms with Crippen molar-refractivity contribution >= 4 is 23.0 Å². The minimum Gasteiger partial charge on any atom is -0.478 e. The Labute approximate surface area is 130 Å². The highest BCUT2D eigenvalue weighted by molar-refractivity contribution is 5.99. The van der Waals surface area contributed by atoms with Crippen molar-refractivity contribution in [2.24, 2.45) is 0 Å². The van der Waals surface area contributed by atoms with Crippen molar-refractivity contribution in [1.29, 1.82) is 0 Å². The summed E-state index contributed by atoms with van der Waals surface area (Å²) in [5.41, 5.74) is 4.04. The molecule has 0 spiro atoms. The molecule has 1 aliphatic rings. The van der Waals surface area contributed by atoms with Gasteiger partial charge in [-0.15, -0.1) is 0 Å². The molecule has 4 nitrogen and oxygen atoms in total. The first-order valence-corrected chi connectivity index (χ1v) is 7.60. The van der Waals surface area contributed by atoms with Crippen LogP contribution in [0.4, 0.5) is 17.1 Å². The summed E-state index contributed by atoms with van der Waals surface area (Å²) in [6.07, 6.45) is 2.31. The summed E-state index contributed by atoms with van der Waals surface area (Å²) < 4.78 is 0. The number of benzene rings is 2. The SMILES string of the molecule is Cc1ccc(Nc2c(C(=O)O)cccc2N2CCCC2)cc1. The topological polar surface area (TPSA) is 52.6 Å². The molecular weight excluding hydrogens is 276 g/mol. The fourth-order valence-corrected chi connectivity index (χ4v) is 2.85. The van der Waals surface area contributed by atoms with E-state index in [2.05, 4.69) is 10.2 Å². The second-order valence-corrected chi connectivity index (χ2v) is 5.69. The number of aryl methyl sites for hydroxylation is 1. The van der Waals surface area contributed by atoms with Crippen LogP contribution in [-0.4, -0.2) is 24.2 Å². The number of hydrogen-bond acceptors (Lipinski definition) is 3. The van der Waals surface area contributed by atoms with Crippen LogP contribution < -0.4 is 10.2 Å². The van der Waals surface area contributed by atoms with E-state index >= 15 is 0 Å². The Hall–Kier alpha value is -2.49. The lowest BCUT2D eigenvalue weighted by Crippen LogP contribution is -2.20. The normalized spacial score (nSPS) is 14.1. The molecule has 1 aliphatic heterocycles. The van der Waals surface area contributed by atoms with E-state index in [1.807, 2.05) is 43.3 Å². The Morgan fingerprint density at radius 2 is 1.77 bits per heavy atom. The van der Waals surface area contributed by atoms with Crippen LogP contribution in [-0.2, 0) is 0 Å². The highest BCUT2D eigenvalue weighted by atomic mass is 16.4. The third-order valence-corrected chi connectivity index (χ3v) is 4.04. The van der Waals surface area contributed by atoms with Crippen LogP contribution in [0, 0.1) is 6.92 Å². The second kappa shape index (κ2) is 6.10. The molecule has 2 N–H and O–H groups in total. The van der Waals surface area contributed by atoms with Gasteiger partial charge in [-0.1, -0.05) is 23.8 Å². The van der Waals surface area contributed by atoms with Crippen molar-refractivity contribution in [3.63, 3.8) is 0 Å². The number of nitrogens with one attached hydrogen (secondary N) is 1. The van der Waals surface area contributed by atoms with E-state index in [0.717, 1.165) is 37.3 Å². The summed E-state index contributed by atoms with van der Waals surface area (Å²) in [5, 5.41) is 12.8. The van der Waals surface area contributed by atoms with E-state index in [9.17, 15) is 9.90 Å². The summed E-state index contributed by atoms with van der Waals surface area (Å²) in [5.74, 6) is -0.907. The molecule has 1 saturated heterocycles. The van der Waals surface area contributed by atoms with Crippen molar-refractivity contribution in [3.05, 3.63) is 53.6 Å². The zero-order valence-electron chi connectivity index (χ0n) is 12.7. The maximum absolute atomic E-state index is 11.6. The van der Waals surface area contributed by atoms with Crippen LogP contribution in [0.3, 0.4) is 0 Å². The molecule has 4 heteroatoms. The van der Waals surface area contributed by atoms with E-state index < -0.39 is 5.97 Å². The predicted molar refractivity (Wildman–Crippen MR) is 89.3 cm³/mol. The van der Waals surface area contributed by atoms with E-state index in [4.69, 9.17) is 0 Å². The monoisotopic (exact) mass is 296 g/mol. The summed E-state index contributed by atoms with van der Waals surface area (Å²) in [6, 6.07) is 13.4. The maximum Gasteiger partial charge on any atom is 0.337 e. The zero-order chi connectivity index (χ0) is 15.5. The second-order valence-electron chi connectivity index (χ2n) is 5.69. The number of carboxylic acids is 1. The van der Waals surface area contributed by atoms with Crippen molar-refractivity contribution in [2.45, 2.75) is 19.8 Å². The lowest BCUT2D eigenvalue weighted by molar-refractivity contribution is 0.0698. The number of carboxylic acid groups (broad SMARTS) is 1. The van der Waals surface area contributed by atoms with Gasteiger partial charge in [0.1, 0.15) is 0 Å². The number of para-hydroxylation sites is 1. The van der Waals surface area contributed by atoms with Gasteiger partial charge in [-0.25, -0.2) is 4.79 Å².